The van der Waals surface area contributed by atoms with Gasteiger partial charge in [0.2, 0.25) is 11.8 Å². The smallest absolute Gasteiger partial charge is 0.337 e. The minimum Gasteiger partial charge on any atom is -0.493 e. The van der Waals surface area contributed by atoms with Crippen LogP contribution in [0.5, 0.6) is 17.2 Å². The van der Waals surface area contributed by atoms with Crippen LogP contribution in [-0.2, 0) is 19.7 Å². The highest BCUT2D eigenvalue weighted by molar-refractivity contribution is 9.10. The first kappa shape index (κ1) is 25.1. The molecule has 2 N–H and O–H groups in total. The van der Waals surface area contributed by atoms with Gasteiger partial charge in [0.1, 0.15) is 11.2 Å². The zero-order valence-electron chi connectivity index (χ0n) is 19.9. The molecule has 0 bridgehead atoms. The number of ether oxygens (including phenoxy) is 3. The van der Waals surface area contributed by atoms with Gasteiger partial charge in [-0.05, 0) is 60.5 Å². The van der Waals surface area contributed by atoms with Crippen molar-refractivity contribution in [3.63, 3.8) is 0 Å². The van der Waals surface area contributed by atoms with Gasteiger partial charge in [0, 0.05) is 27.2 Å². The quantitative estimate of drug-likeness (QED) is 0.382. The van der Waals surface area contributed by atoms with E-state index in [2.05, 4.69) is 26.6 Å². The second-order valence-corrected chi connectivity index (χ2v) is 10.1. The number of piperidine rings is 1. The Labute approximate surface area is 226 Å². The van der Waals surface area contributed by atoms with Crippen molar-refractivity contribution in [2.75, 3.05) is 19.5 Å². The molecule has 10 heteroatoms. The molecule has 2 aliphatic heterocycles. The number of esters is 1. The largest absolute Gasteiger partial charge is 0.493 e. The molecule has 1 fully saturated rings. The van der Waals surface area contributed by atoms with Gasteiger partial charge in [-0.15, -0.1) is 0 Å². The highest BCUT2D eigenvalue weighted by atomic mass is 79.9. The van der Waals surface area contributed by atoms with Crippen molar-refractivity contribution in [3.8, 4) is 17.2 Å². The number of carbonyl (C=O) groups is 3. The molecule has 5 rings (SSSR count). The summed E-state index contributed by atoms with van der Waals surface area (Å²) in [4.78, 5) is 38.2. The van der Waals surface area contributed by atoms with Crippen LogP contribution in [0.25, 0.3) is 0 Å². The van der Waals surface area contributed by atoms with Crippen molar-refractivity contribution >= 4 is 51.0 Å². The number of benzene rings is 3. The van der Waals surface area contributed by atoms with Gasteiger partial charge in [-0.25, -0.2) is 4.79 Å². The predicted molar refractivity (Wildman–Crippen MR) is 140 cm³/mol. The predicted octanol–water partition coefficient (Wildman–Crippen LogP) is 5.53. The molecule has 0 unspecified atom stereocenters. The average molecular weight is 586 g/mol. The summed E-state index contributed by atoms with van der Waals surface area (Å²) in [6.07, 6.45) is 0.506. The fourth-order valence-electron chi connectivity index (χ4n) is 5.01. The van der Waals surface area contributed by atoms with Crippen LogP contribution in [-0.4, -0.2) is 32.0 Å². The number of hydrogen-bond acceptors (Lipinski definition) is 6. The fourth-order valence-corrected chi connectivity index (χ4v) is 5.56. The maximum atomic E-state index is 13.6. The highest BCUT2D eigenvalue weighted by Gasteiger charge is 2.56. The maximum Gasteiger partial charge on any atom is 0.337 e. The first-order valence-corrected chi connectivity index (χ1v) is 12.6. The van der Waals surface area contributed by atoms with Gasteiger partial charge in [-0.3, -0.25) is 9.59 Å². The molecule has 8 nitrogen and oxygen atoms in total. The zero-order chi connectivity index (χ0) is 26.3. The minimum absolute atomic E-state index is 0.170. The van der Waals surface area contributed by atoms with Crippen LogP contribution in [0.15, 0.2) is 59.1 Å². The van der Waals surface area contributed by atoms with Crippen molar-refractivity contribution in [3.05, 3.63) is 80.8 Å². The van der Waals surface area contributed by atoms with E-state index in [1.54, 1.807) is 36.4 Å². The normalized spacial score (nSPS) is 20.2. The summed E-state index contributed by atoms with van der Waals surface area (Å²) in [5.74, 6) is 0.175. The van der Waals surface area contributed by atoms with Crippen LogP contribution in [0, 0.1) is 0 Å². The molecule has 2 aliphatic rings. The molecule has 37 heavy (non-hydrogen) atoms. The molecule has 3 aromatic carbocycles. The number of anilines is 1. The Balaban J connectivity index is 1.62. The number of rotatable bonds is 5. The molecule has 3 aromatic rings. The lowest BCUT2D eigenvalue weighted by Crippen LogP contribution is -2.52. The van der Waals surface area contributed by atoms with E-state index >= 15 is 0 Å². The van der Waals surface area contributed by atoms with Gasteiger partial charge in [0.05, 0.1) is 25.8 Å². The van der Waals surface area contributed by atoms with Crippen molar-refractivity contribution < 1.29 is 28.6 Å². The number of methoxy groups -OCH3 is 2. The summed E-state index contributed by atoms with van der Waals surface area (Å²) in [6.45, 7) is 0. The molecule has 2 atom stereocenters. The lowest BCUT2D eigenvalue weighted by atomic mass is 9.67. The lowest BCUT2D eigenvalue weighted by molar-refractivity contribution is -0.130. The lowest BCUT2D eigenvalue weighted by Gasteiger charge is -2.40. The Bertz CT molecular complexity index is 1440. The van der Waals surface area contributed by atoms with Crippen LogP contribution in [0.2, 0.25) is 5.02 Å². The molecule has 1 saturated heterocycles. The van der Waals surface area contributed by atoms with Crippen LogP contribution in [0.3, 0.4) is 0 Å². The van der Waals surface area contributed by atoms with E-state index in [0.717, 1.165) is 10.0 Å². The van der Waals surface area contributed by atoms with Crippen molar-refractivity contribution in [1.29, 1.82) is 0 Å². The summed E-state index contributed by atoms with van der Waals surface area (Å²) in [6, 6.07) is 14.6. The van der Waals surface area contributed by atoms with Crippen LogP contribution in [0.4, 0.5) is 5.69 Å². The van der Waals surface area contributed by atoms with E-state index in [1.165, 1.54) is 20.3 Å². The topological polar surface area (TPSA) is 103 Å². The van der Waals surface area contributed by atoms with E-state index in [4.69, 9.17) is 25.8 Å². The van der Waals surface area contributed by atoms with E-state index < -0.39 is 17.4 Å². The van der Waals surface area contributed by atoms with Gasteiger partial charge in [-0.1, -0.05) is 33.6 Å². The summed E-state index contributed by atoms with van der Waals surface area (Å²) < 4.78 is 17.3. The van der Waals surface area contributed by atoms with Crippen LogP contribution < -0.4 is 20.1 Å². The second kappa shape index (κ2) is 9.72. The molecule has 0 aromatic heterocycles. The number of amides is 2. The van der Waals surface area contributed by atoms with Gasteiger partial charge < -0.3 is 24.8 Å². The number of carbonyl (C=O) groups excluding carboxylic acids is 3. The number of fused-ring (bicyclic) bond motifs is 2. The number of nitrogens with one attached hydrogen (secondary N) is 2. The molecular weight excluding hydrogens is 564 g/mol. The van der Waals surface area contributed by atoms with Gasteiger partial charge in [0.25, 0.3) is 0 Å². The standard InChI is InChI=1S/C27H22BrClN2O6/c1-35-22-11-14(25(33)36-2)3-7-21(22)37-20-8-4-15(28)12-17(20)24-27(10-9-23(32)31-24)18-6-5-16(29)13-19(18)30-26(27)34/h3-8,11-13,24H,9-10H2,1-2H3,(H,30,34)(H,31,32)/t24-,27-/m1/s1. The molecule has 190 valence electrons. The highest BCUT2D eigenvalue weighted by Crippen LogP contribution is 2.53. The van der Waals surface area contributed by atoms with Gasteiger partial charge in [-0.2, -0.15) is 0 Å². The van der Waals surface area contributed by atoms with Crippen LogP contribution >= 0.6 is 27.5 Å². The van der Waals surface area contributed by atoms with E-state index in [-0.39, 0.29) is 18.2 Å². The maximum absolute atomic E-state index is 13.6. The Morgan fingerprint density at radius 1 is 1.03 bits per heavy atom. The summed E-state index contributed by atoms with van der Waals surface area (Å²) >= 11 is 9.71. The molecule has 1 spiro atoms. The van der Waals surface area contributed by atoms with Crippen molar-refractivity contribution in [1.82, 2.24) is 5.32 Å². The zero-order valence-corrected chi connectivity index (χ0v) is 22.2. The van der Waals surface area contributed by atoms with Crippen molar-refractivity contribution in [2.24, 2.45) is 0 Å². The third-order valence-corrected chi connectivity index (χ3v) is 7.48. The van der Waals surface area contributed by atoms with Crippen LogP contribution in [0.1, 0.15) is 40.4 Å². The minimum atomic E-state index is -1.06. The third-order valence-electron chi connectivity index (χ3n) is 6.75. The molecular formula is C27H22BrClN2O6. The average Bonchev–Trinajstić information content (AvgIpc) is 3.16. The fraction of sp³-hybridized carbons (Fsp3) is 0.222. The van der Waals surface area contributed by atoms with E-state index in [0.29, 0.717) is 45.5 Å². The van der Waals surface area contributed by atoms with E-state index in [1.807, 2.05) is 12.1 Å². The molecule has 0 aliphatic carbocycles. The first-order valence-electron chi connectivity index (χ1n) is 11.4. The van der Waals surface area contributed by atoms with Gasteiger partial charge >= 0.3 is 5.97 Å². The number of halogens is 2. The van der Waals surface area contributed by atoms with Crippen molar-refractivity contribution in [2.45, 2.75) is 24.3 Å². The Morgan fingerprint density at radius 2 is 1.81 bits per heavy atom. The summed E-state index contributed by atoms with van der Waals surface area (Å²) in [5, 5.41) is 6.49. The van der Waals surface area contributed by atoms with Gasteiger partial charge in [0.15, 0.2) is 11.5 Å². The Hall–Kier alpha value is -3.56. The molecule has 2 heterocycles. The SMILES string of the molecule is COC(=O)c1ccc(Oc2ccc(Br)cc2[C@H]2NC(=O)CC[C@]23C(=O)Nc2cc(Cl)ccc23)c(OC)c1. The third kappa shape index (κ3) is 4.32. The summed E-state index contributed by atoms with van der Waals surface area (Å²) in [7, 11) is 2.76. The Morgan fingerprint density at radius 3 is 2.57 bits per heavy atom. The first-order chi connectivity index (χ1) is 17.8. The number of hydrogen-bond donors (Lipinski definition) is 2. The monoisotopic (exact) mass is 584 g/mol. The summed E-state index contributed by atoms with van der Waals surface area (Å²) in [5.41, 5.74) is 1.22. The molecule has 0 radical (unpaired) electrons. The Kier molecular flexibility index (Phi) is 6.59. The molecule has 2 amide bonds. The second-order valence-electron chi connectivity index (χ2n) is 8.76. The molecule has 0 saturated carbocycles. The van der Waals surface area contributed by atoms with E-state index in [9.17, 15) is 14.4 Å².